The summed E-state index contributed by atoms with van der Waals surface area (Å²) in [4.78, 5) is 9.43. The minimum absolute atomic E-state index is 0.216. The predicted molar refractivity (Wildman–Crippen MR) is 146 cm³/mol. The Bertz CT molecular complexity index is 1220. The lowest BCUT2D eigenvalue weighted by Crippen LogP contribution is -2.48. The van der Waals surface area contributed by atoms with Crippen LogP contribution in [-0.4, -0.2) is 60.7 Å². The number of anilines is 2. The number of fused-ring (bicyclic) bond motifs is 1. The van der Waals surface area contributed by atoms with Crippen molar-refractivity contribution in [2.75, 3.05) is 51.2 Å². The lowest BCUT2D eigenvalue weighted by molar-refractivity contribution is -0.137. The summed E-state index contributed by atoms with van der Waals surface area (Å²) in [6.07, 6.45) is 2.37. The number of piperazine rings is 1. The van der Waals surface area contributed by atoms with Gasteiger partial charge in [0.15, 0.2) is 0 Å². The van der Waals surface area contributed by atoms with Crippen molar-refractivity contribution in [2.24, 2.45) is 5.92 Å². The molecule has 204 valence electrons. The fourth-order valence-corrected chi connectivity index (χ4v) is 5.71. The Morgan fingerprint density at radius 2 is 1.68 bits per heavy atom. The first-order valence-corrected chi connectivity index (χ1v) is 13.8. The van der Waals surface area contributed by atoms with Gasteiger partial charge in [0, 0.05) is 67.8 Å². The summed E-state index contributed by atoms with van der Waals surface area (Å²) >= 11 is 0. The van der Waals surface area contributed by atoms with Crippen molar-refractivity contribution in [3.05, 3.63) is 59.8 Å². The Morgan fingerprint density at radius 3 is 2.45 bits per heavy atom. The monoisotopic (exact) mass is 526 g/mol. The van der Waals surface area contributed by atoms with Gasteiger partial charge in [-0.25, -0.2) is 0 Å². The van der Waals surface area contributed by atoms with Crippen molar-refractivity contribution in [3.8, 4) is 5.75 Å². The van der Waals surface area contributed by atoms with E-state index in [1.807, 2.05) is 37.3 Å². The van der Waals surface area contributed by atoms with E-state index in [-0.39, 0.29) is 5.75 Å². The Kier molecular flexibility index (Phi) is 8.39. The topological polar surface area (TPSA) is 40.6 Å². The Balaban J connectivity index is 1.20. The molecule has 3 aromatic rings. The van der Waals surface area contributed by atoms with Gasteiger partial charge in [-0.3, -0.25) is 9.88 Å². The first-order valence-electron chi connectivity index (χ1n) is 13.8. The van der Waals surface area contributed by atoms with Crippen LogP contribution in [0.25, 0.3) is 10.9 Å². The van der Waals surface area contributed by atoms with E-state index in [1.54, 1.807) is 6.07 Å². The lowest BCUT2D eigenvalue weighted by Gasteiger charge is -2.37. The molecule has 0 amide bonds. The number of hydrogen-bond donors (Lipinski definition) is 1. The number of para-hydroxylation sites is 1. The van der Waals surface area contributed by atoms with Gasteiger partial charge in [0.2, 0.25) is 0 Å². The van der Waals surface area contributed by atoms with Crippen LogP contribution < -0.4 is 10.1 Å². The van der Waals surface area contributed by atoms with E-state index in [0.29, 0.717) is 24.5 Å². The number of benzene rings is 2. The second-order valence-corrected chi connectivity index (χ2v) is 10.7. The summed E-state index contributed by atoms with van der Waals surface area (Å²) in [7, 11) is 0. The van der Waals surface area contributed by atoms with Crippen LogP contribution in [0.15, 0.2) is 48.5 Å². The number of pyridine rings is 1. The highest BCUT2D eigenvalue weighted by Crippen LogP contribution is 2.36. The number of ether oxygens (including phenoxy) is 1. The molecule has 8 heteroatoms. The molecule has 2 aromatic carbocycles. The highest BCUT2D eigenvalue weighted by atomic mass is 19.4. The van der Waals surface area contributed by atoms with Crippen molar-refractivity contribution in [3.63, 3.8) is 0 Å². The van der Waals surface area contributed by atoms with Gasteiger partial charge in [0.05, 0.1) is 11.1 Å². The summed E-state index contributed by atoms with van der Waals surface area (Å²) in [5, 5.41) is 4.03. The van der Waals surface area contributed by atoms with Gasteiger partial charge in [-0.2, -0.15) is 13.2 Å². The third-order valence-electron chi connectivity index (χ3n) is 7.74. The van der Waals surface area contributed by atoms with Gasteiger partial charge in [0.1, 0.15) is 12.4 Å². The summed E-state index contributed by atoms with van der Waals surface area (Å²) in [5.74, 6) is 1.06. The van der Waals surface area contributed by atoms with Gasteiger partial charge in [-0.1, -0.05) is 37.5 Å². The molecule has 0 atom stereocenters. The zero-order valence-corrected chi connectivity index (χ0v) is 22.1. The van der Waals surface area contributed by atoms with Crippen LogP contribution in [0.1, 0.15) is 43.4 Å². The van der Waals surface area contributed by atoms with Crippen molar-refractivity contribution in [1.82, 2.24) is 14.8 Å². The molecule has 0 radical (unpaired) electrons. The molecule has 1 aromatic heterocycles. The zero-order chi connectivity index (χ0) is 26.5. The number of alkyl halides is 3. The number of nitrogens with one attached hydrogen (secondary N) is 1. The molecule has 0 spiro atoms. The van der Waals surface area contributed by atoms with Crippen LogP contribution in [0.3, 0.4) is 0 Å². The SMILES string of the molecule is Cc1cc(Nc2cc(OCCN3CCN(CC4CCCCC4)CC3)cc(C(F)(F)F)c2)c2ccccc2n1. The minimum Gasteiger partial charge on any atom is -0.492 e. The third-order valence-corrected chi connectivity index (χ3v) is 7.74. The summed E-state index contributed by atoms with van der Waals surface area (Å²) < 4.78 is 47.0. The molecule has 2 fully saturated rings. The van der Waals surface area contributed by atoms with Crippen molar-refractivity contribution in [2.45, 2.75) is 45.2 Å². The van der Waals surface area contributed by atoms with E-state index in [2.05, 4.69) is 20.1 Å². The molecule has 1 saturated heterocycles. The van der Waals surface area contributed by atoms with Crippen LogP contribution in [-0.2, 0) is 6.18 Å². The van der Waals surface area contributed by atoms with Crippen LogP contribution in [0.4, 0.5) is 24.5 Å². The molecule has 5 rings (SSSR count). The lowest BCUT2D eigenvalue weighted by atomic mass is 9.89. The number of nitrogens with zero attached hydrogens (tertiary/aromatic N) is 3. The fraction of sp³-hybridized carbons (Fsp3) is 0.500. The number of halogens is 3. The largest absolute Gasteiger partial charge is 0.492 e. The van der Waals surface area contributed by atoms with Crippen LogP contribution in [0.2, 0.25) is 0 Å². The van der Waals surface area contributed by atoms with Crippen LogP contribution in [0, 0.1) is 12.8 Å². The fourth-order valence-electron chi connectivity index (χ4n) is 5.71. The average molecular weight is 527 g/mol. The molecule has 2 heterocycles. The first-order chi connectivity index (χ1) is 18.3. The van der Waals surface area contributed by atoms with E-state index in [0.717, 1.165) is 60.8 Å². The molecule has 0 bridgehead atoms. The smallest absolute Gasteiger partial charge is 0.416 e. The van der Waals surface area contributed by atoms with Gasteiger partial charge >= 0.3 is 6.18 Å². The third kappa shape index (κ3) is 6.97. The molecule has 1 aliphatic carbocycles. The van der Waals surface area contributed by atoms with E-state index in [4.69, 9.17) is 4.74 Å². The highest BCUT2D eigenvalue weighted by molar-refractivity contribution is 5.93. The maximum atomic E-state index is 13.7. The molecule has 2 aliphatic rings. The number of hydrogen-bond acceptors (Lipinski definition) is 5. The van der Waals surface area contributed by atoms with Gasteiger partial charge in [0.25, 0.3) is 0 Å². The first kappa shape index (κ1) is 26.8. The number of aromatic nitrogens is 1. The zero-order valence-electron chi connectivity index (χ0n) is 22.1. The Morgan fingerprint density at radius 1 is 0.947 bits per heavy atom. The van der Waals surface area contributed by atoms with Gasteiger partial charge < -0.3 is 15.0 Å². The van der Waals surface area contributed by atoms with Crippen molar-refractivity contribution < 1.29 is 17.9 Å². The number of rotatable bonds is 8. The maximum absolute atomic E-state index is 13.7. The van der Waals surface area contributed by atoms with Gasteiger partial charge in [-0.15, -0.1) is 0 Å². The summed E-state index contributed by atoms with van der Waals surface area (Å²) in [6, 6.07) is 13.3. The van der Waals surface area contributed by atoms with E-state index in [9.17, 15) is 13.2 Å². The number of aryl methyl sites for hydroxylation is 1. The van der Waals surface area contributed by atoms with E-state index in [1.165, 1.54) is 38.6 Å². The maximum Gasteiger partial charge on any atom is 0.416 e. The minimum atomic E-state index is -4.47. The average Bonchev–Trinajstić information content (AvgIpc) is 2.90. The highest BCUT2D eigenvalue weighted by Gasteiger charge is 2.31. The molecule has 38 heavy (non-hydrogen) atoms. The van der Waals surface area contributed by atoms with E-state index < -0.39 is 11.7 Å². The normalized spacial score (nSPS) is 18.1. The van der Waals surface area contributed by atoms with Crippen molar-refractivity contribution in [1.29, 1.82) is 0 Å². The van der Waals surface area contributed by atoms with Crippen LogP contribution in [0.5, 0.6) is 5.75 Å². The van der Waals surface area contributed by atoms with E-state index >= 15 is 0 Å². The molecule has 1 saturated carbocycles. The van der Waals surface area contributed by atoms with Gasteiger partial charge in [-0.05, 0) is 49.9 Å². The summed E-state index contributed by atoms with van der Waals surface area (Å²) in [6.45, 7) is 8.16. The quantitative estimate of drug-likeness (QED) is 0.346. The second kappa shape index (κ2) is 11.9. The molecule has 1 aliphatic heterocycles. The Hall–Kier alpha value is -2.84. The van der Waals surface area contributed by atoms with Crippen molar-refractivity contribution >= 4 is 22.3 Å². The standard InChI is InChI=1S/C30H37F3N4O/c1-22-17-29(27-9-5-6-10-28(27)34-22)35-25-18-24(30(31,32)33)19-26(20-25)38-16-15-36-11-13-37(14-12-36)21-23-7-3-2-4-8-23/h5-6,9-10,17-20,23H,2-4,7-8,11-16,21H2,1H3,(H,34,35). The second-order valence-electron chi connectivity index (χ2n) is 10.7. The predicted octanol–water partition coefficient (Wildman–Crippen LogP) is 6.88. The Labute approximate surface area is 223 Å². The molecular weight excluding hydrogens is 489 g/mol. The molecule has 1 N–H and O–H groups in total. The summed E-state index contributed by atoms with van der Waals surface area (Å²) in [5.41, 5.74) is 1.89. The van der Waals surface area contributed by atoms with Crippen LogP contribution >= 0.6 is 0 Å². The molecular formula is C30H37F3N4O. The molecule has 5 nitrogen and oxygen atoms in total. The molecule has 0 unspecified atom stereocenters.